The average Bonchev–Trinajstić information content (AvgIpc) is 2.00. The summed E-state index contributed by atoms with van der Waals surface area (Å²) in [6, 6.07) is 6.92. The van der Waals surface area contributed by atoms with Gasteiger partial charge < -0.3 is 11.1 Å². The molecule has 3 N–H and O–H groups in total. The van der Waals surface area contributed by atoms with Gasteiger partial charge in [0, 0.05) is 17.3 Å². The number of halogens is 1. The van der Waals surface area contributed by atoms with Crippen LogP contribution in [0.3, 0.4) is 0 Å². The average molecular weight is 194 g/mol. The fourth-order valence-electron chi connectivity index (χ4n) is 1.98. The van der Waals surface area contributed by atoms with Crippen LogP contribution in [0.5, 0.6) is 0 Å². The van der Waals surface area contributed by atoms with Crippen LogP contribution in [0.25, 0.3) is 0 Å². The topological polar surface area (TPSA) is 38.0 Å². The molecule has 0 saturated heterocycles. The Hall–Kier alpha value is -1.09. The zero-order valence-electron chi connectivity index (χ0n) is 8.26. The van der Waals surface area contributed by atoms with Crippen LogP contribution in [0.1, 0.15) is 19.8 Å². The minimum atomic E-state index is -0.204. The smallest absolute Gasteiger partial charge is 0.125 e. The second kappa shape index (κ2) is 3.24. The Morgan fingerprint density at radius 2 is 2.21 bits per heavy atom. The molecular weight excluding hydrogens is 179 g/mol. The molecule has 0 spiro atoms. The van der Waals surface area contributed by atoms with E-state index in [1.807, 2.05) is 13.0 Å². The molecule has 1 fully saturated rings. The molecule has 0 aliphatic heterocycles. The largest absolute Gasteiger partial charge is 0.382 e. The molecule has 1 aliphatic rings. The second-order valence-corrected chi connectivity index (χ2v) is 4.41. The number of anilines is 1. The highest BCUT2D eigenvalue weighted by Gasteiger charge is 2.36. The van der Waals surface area contributed by atoms with Crippen molar-refractivity contribution >= 4 is 5.69 Å². The van der Waals surface area contributed by atoms with Gasteiger partial charge in [0.1, 0.15) is 5.82 Å². The quantitative estimate of drug-likeness (QED) is 0.756. The third-order valence-electron chi connectivity index (χ3n) is 2.62. The van der Waals surface area contributed by atoms with Gasteiger partial charge in [-0.2, -0.15) is 0 Å². The van der Waals surface area contributed by atoms with E-state index in [0.29, 0.717) is 6.04 Å². The lowest BCUT2D eigenvalue weighted by Crippen LogP contribution is -2.54. The van der Waals surface area contributed by atoms with Crippen molar-refractivity contribution in [1.29, 1.82) is 0 Å². The van der Waals surface area contributed by atoms with E-state index in [1.54, 1.807) is 6.07 Å². The molecule has 1 aromatic rings. The molecule has 1 saturated carbocycles. The number of hydrogen-bond acceptors (Lipinski definition) is 2. The van der Waals surface area contributed by atoms with Crippen LogP contribution in [0.2, 0.25) is 0 Å². The third kappa shape index (κ3) is 2.04. The van der Waals surface area contributed by atoms with Crippen molar-refractivity contribution in [3.05, 3.63) is 30.1 Å². The maximum Gasteiger partial charge on any atom is 0.125 e. The lowest BCUT2D eigenvalue weighted by atomic mass is 9.75. The van der Waals surface area contributed by atoms with Crippen LogP contribution in [-0.4, -0.2) is 11.6 Å². The Kier molecular flexibility index (Phi) is 2.19. The fourth-order valence-corrected chi connectivity index (χ4v) is 1.98. The zero-order chi connectivity index (χ0) is 10.2. The van der Waals surface area contributed by atoms with Gasteiger partial charge in [0.2, 0.25) is 0 Å². The van der Waals surface area contributed by atoms with Crippen LogP contribution in [0.4, 0.5) is 10.1 Å². The normalized spacial score (nSPS) is 30.9. The van der Waals surface area contributed by atoms with Crippen molar-refractivity contribution in [2.24, 2.45) is 5.73 Å². The van der Waals surface area contributed by atoms with Crippen LogP contribution in [0, 0.1) is 5.82 Å². The van der Waals surface area contributed by atoms with Gasteiger partial charge >= 0.3 is 0 Å². The highest BCUT2D eigenvalue weighted by molar-refractivity contribution is 5.44. The van der Waals surface area contributed by atoms with E-state index in [0.717, 1.165) is 18.5 Å². The summed E-state index contributed by atoms with van der Waals surface area (Å²) in [7, 11) is 0. The molecule has 1 aromatic carbocycles. The standard InChI is InChI=1S/C11H15FN2/c1-11(13)6-10(7-11)14-9-4-2-3-8(12)5-9/h2-5,10,14H,6-7,13H2,1H3. The molecule has 0 radical (unpaired) electrons. The second-order valence-electron chi connectivity index (χ2n) is 4.41. The Morgan fingerprint density at radius 3 is 2.79 bits per heavy atom. The fraction of sp³-hybridized carbons (Fsp3) is 0.455. The first-order valence-corrected chi connectivity index (χ1v) is 4.86. The van der Waals surface area contributed by atoms with Crippen LogP contribution >= 0.6 is 0 Å². The van der Waals surface area contributed by atoms with Crippen molar-refractivity contribution in [1.82, 2.24) is 0 Å². The first kappa shape index (κ1) is 9.46. The summed E-state index contributed by atoms with van der Waals surface area (Å²) in [5.41, 5.74) is 6.68. The summed E-state index contributed by atoms with van der Waals surface area (Å²) in [5.74, 6) is -0.204. The summed E-state index contributed by atoms with van der Waals surface area (Å²) >= 11 is 0. The predicted molar refractivity (Wildman–Crippen MR) is 55.6 cm³/mol. The molecule has 0 atom stereocenters. The molecule has 2 nitrogen and oxygen atoms in total. The van der Waals surface area contributed by atoms with Gasteiger partial charge in [0.05, 0.1) is 0 Å². The molecule has 1 aliphatic carbocycles. The summed E-state index contributed by atoms with van der Waals surface area (Å²) in [6.07, 6.45) is 1.90. The van der Waals surface area contributed by atoms with E-state index < -0.39 is 0 Å². The predicted octanol–water partition coefficient (Wildman–Crippen LogP) is 2.12. The van der Waals surface area contributed by atoms with Gasteiger partial charge in [-0.25, -0.2) is 4.39 Å². The van der Waals surface area contributed by atoms with E-state index in [-0.39, 0.29) is 11.4 Å². The van der Waals surface area contributed by atoms with Crippen molar-refractivity contribution in [3.63, 3.8) is 0 Å². The highest BCUT2D eigenvalue weighted by atomic mass is 19.1. The zero-order valence-corrected chi connectivity index (χ0v) is 8.26. The van der Waals surface area contributed by atoms with Crippen molar-refractivity contribution < 1.29 is 4.39 Å². The maximum absolute atomic E-state index is 12.8. The molecule has 0 amide bonds. The van der Waals surface area contributed by atoms with Crippen LogP contribution < -0.4 is 11.1 Å². The van der Waals surface area contributed by atoms with Gasteiger partial charge in [0.25, 0.3) is 0 Å². The molecule has 76 valence electrons. The molecule has 14 heavy (non-hydrogen) atoms. The first-order valence-electron chi connectivity index (χ1n) is 4.86. The summed E-state index contributed by atoms with van der Waals surface area (Å²) in [4.78, 5) is 0. The van der Waals surface area contributed by atoms with Gasteiger partial charge in [0.15, 0.2) is 0 Å². The first-order chi connectivity index (χ1) is 6.55. The van der Waals surface area contributed by atoms with E-state index in [4.69, 9.17) is 5.73 Å². The third-order valence-corrected chi connectivity index (χ3v) is 2.62. The Labute approximate surface area is 83.3 Å². The minimum absolute atomic E-state index is 0.0367. The molecule has 3 heteroatoms. The number of nitrogens with two attached hydrogens (primary N) is 1. The van der Waals surface area contributed by atoms with Crippen LogP contribution in [-0.2, 0) is 0 Å². The molecule has 0 unspecified atom stereocenters. The lowest BCUT2D eigenvalue weighted by Gasteiger charge is -2.43. The van der Waals surface area contributed by atoms with Gasteiger partial charge in [-0.15, -0.1) is 0 Å². The van der Waals surface area contributed by atoms with Crippen molar-refractivity contribution in [3.8, 4) is 0 Å². The lowest BCUT2D eigenvalue weighted by molar-refractivity contribution is 0.248. The van der Waals surface area contributed by atoms with Gasteiger partial charge in [-0.1, -0.05) is 6.07 Å². The van der Waals surface area contributed by atoms with Gasteiger partial charge in [-0.05, 0) is 38.0 Å². The van der Waals surface area contributed by atoms with E-state index in [9.17, 15) is 4.39 Å². The maximum atomic E-state index is 12.8. The van der Waals surface area contributed by atoms with Gasteiger partial charge in [-0.3, -0.25) is 0 Å². The van der Waals surface area contributed by atoms with E-state index in [2.05, 4.69) is 5.32 Å². The monoisotopic (exact) mass is 194 g/mol. The van der Waals surface area contributed by atoms with Crippen molar-refractivity contribution in [2.45, 2.75) is 31.3 Å². The molecule has 2 rings (SSSR count). The SMILES string of the molecule is CC1(N)CC(Nc2cccc(F)c2)C1. The summed E-state index contributed by atoms with van der Waals surface area (Å²) in [6.45, 7) is 2.04. The minimum Gasteiger partial charge on any atom is -0.382 e. The van der Waals surface area contributed by atoms with Crippen molar-refractivity contribution in [2.75, 3.05) is 5.32 Å². The molecule has 0 heterocycles. The molecule has 0 aromatic heterocycles. The summed E-state index contributed by atoms with van der Waals surface area (Å²) < 4.78 is 12.8. The number of rotatable bonds is 2. The Balaban J connectivity index is 1.93. The highest BCUT2D eigenvalue weighted by Crippen LogP contribution is 2.31. The van der Waals surface area contributed by atoms with E-state index in [1.165, 1.54) is 12.1 Å². The van der Waals surface area contributed by atoms with E-state index >= 15 is 0 Å². The molecular formula is C11H15FN2. The number of nitrogens with one attached hydrogen (secondary N) is 1. The Bertz CT molecular complexity index is 328. The number of hydrogen-bond donors (Lipinski definition) is 2. The molecule has 0 bridgehead atoms. The van der Waals surface area contributed by atoms with Crippen LogP contribution in [0.15, 0.2) is 24.3 Å². The summed E-state index contributed by atoms with van der Waals surface area (Å²) in [5, 5.41) is 3.25. The number of benzene rings is 1. The Morgan fingerprint density at radius 1 is 1.50 bits per heavy atom.